The number of likely N-dealkylation sites (tertiary alicyclic amines) is 1. The molecule has 3 heterocycles. The maximum atomic E-state index is 12.8. The van der Waals surface area contributed by atoms with Crippen LogP contribution in [0.3, 0.4) is 0 Å². The molecular formula is C22H20N2O4. The average Bonchev–Trinajstić information content (AvgIpc) is 3.38. The minimum absolute atomic E-state index is 0.0385. The van der Waals surface area contributed by atoms with Gasteiger partial charge in [0.2, 0.25) is 11.8 Å². The third-order valence-electron chi connectivity index (χ3n) is 5.17. The van der Waals surface area contributed by atoms with Crippen molar-refractivity contribution in [3.63, 3.8) is 0 Å². The van der Waals surface area contributed by atoms with Crippen molar-refractivity contribution in [3.05, 3.63) is 60.0 Å². The number of aromatic nitrogens is 1. The fraction of sp³-hybridized carbons (Fsp3) is 0.273. The summed E-state index contributed by atoms with van der Waals surface area (Å²) in [5, 5.41) is 0. The number of amides is 1. The second-order valence-corrected chi connectivity index (χ2v) is 6.95. The molecule has 1 aromatic heterocycles. The van der Waals surface area contributed by atoms with Gasteiger partial charge in [-0.3, -0.25) is 4.79 Å². The first-order valence-electron chi connectivity index (χ1n) is 9.52. The van der Waals surface area contributed by atoms with Gasteiger partial charge in [-0.15, -0.1) is 0 Å². The van der Waals surface area contributed by atoms with Gasteiger partial charge in [-0.25, -0.2) is 4.98 Å². The minimum atomic E-state index is -0.0420. The topological polar surface area (TPSA) is 64.8 Å². The van der Waals surface area contributed by atoms with E-state index >= 15 is 0 Å². The molecule has 0 radical (unpaired) electrons. The Balaban J connectivity index is 1.35. The van der Waals surface area contributed by atoms with Crippen LogP contribution in [-0.4, -0.2) is 35.5 Å². The highest BCUT2D eigenvalue weighted by Gasteiger charge is 2.29. The van der Waals surface area contributed by atoms with E-state index in [-0.39, 0.29) is 11.9 Å². The molecule has 1 amide bonds. The van der Waals surface area contributed by atoms with Gasteiger partial charge in [0.1, 0.15) is 18.7 Å². The highest BCUT2D eigenvalue weighted by molar-refractivity contribution is 5.92. The van der Waals surface area contributed by atoms with Gasteiger partial charge < -0.3 is 18.8 Å². The van der Waals surface area contributed by atoms with E-state index in [9.17, 15) is 4.79 Å². The average molecular weight is 376 g/mol. The first-order chi connectivity index (χ1) is 13.8. The van der Waals surface area contributed by atoms with Gasteiger partial charge in [0.15, 0.2) is 17.1 Å². The molecule has 2 aliphatic rings. The second-order valence-electron chi connectivity index (χ2n) is 6.95. The summed E-state index contributed by atoms with van der Waals surface area (Å²) in [4.78, 5) is 19.1. The maximum absolute atomic E-state index is 12.8. The van der Waals surface area contributed by atoms with Gasteiger partial charge in [0.05, 0.1) is 6.04 Å². The second kappa shape index (κ2) is 7.03. The van der Waals surface area contributed by atoms with Gasteiger partial charge >= 0.3 is 0 Å². The predicted molar refractivity (Wildman–Crippen MR) is 104 cm³/mol. The summed E-state index contributed by atoms with van der Waals surface area (Å²) in [7, 11) is 0. The molecule has 0 spiro atoms. The first kappa shape index (κ1) is 16.9. The standard InChI is InChI=1S/C22H20N2O4/c25-22(10-9-21-23-16-4-1-2-6-18(16)28-21)24-11-3-5-17(24)15-7-8-19-20(14-15)27-13-12-26-19/h1-2,4,6-10,14,17H,3,5,11-13H2/b10-9+. The number of oxazole rings is 1. The number of para-hydroxylation sites is 2. The number of rotatable bonds is 3. The number of fused-ring (bicyclic) bond motifs is 2. The van der Waals surface area contributed by atoms with Gasteiger partial charge in [-0.2, -0.15) is 0 Å². The van der Waals surface area contributed by atoms with Crippen LogP contribution in [0.15, 0.2) is 53.0 Å². The van der Waals surface area contributed by atoms with Crippen LogP contribution in [0.25, 0.3) is 17.2 Å². The Hall–Kier alpha value is -3.28. The van der Waals surface area contributed by atoms with Crippen LogP contribution >= 0.6 is 0 Å². The first-order valence-corrected chi connectivity index (χ1v) is 9.52. The molecule has 0 aliphatic carbocycles. The number of ether oxygens (including phenoxy) is 2. The van der Waals surface area contributed by atoms with Crippen molar-refractivity contribution in [2.75, 3.05) is 19.8 Å². The van der Waals surface area contributed by atoms with E-state index in [1.165, 1.54) is 0 Å². The SMILES string of the molecule is O=C(/C=C/c1nc2ccccc2o1)N1CCCC1c1ccc2c(c1)OCCO2. The fourth-order valence-electron chi connectivity index (χ4n) is 3.84. The van der Waals surface area contributed by atoms with Crippen molar-refractivity contribution in [1.29, 1.82) is 0 Å². The predicted octanol–water partition coefficient (Wildman–Crippen LogP) is 3.98. The van der Waals surface area contributed by atoms with E-state index in [1.54, 1.807) is 12.2 Å². The summed E-state index contributed by atoms with van der Waals surface area (Å²) in [6.45, 7) is 1.86. The molecule has 5 rings (SSSR count). The maximum Gasteiger partial charge on any atom is 0.247 e. The summed E-state index contributed by atoms with van der Waals surface area (Å²) in [5.41, 5.74) is 2.57. The van der Waals surface area contributed by atoms with E-state index in [2.05, 4.69) is 4.98 Å². The molecule has 1 saturated heterocycles. The largest absolute Gasteiger partial charge is 0.486 e. The van der Waals surface area contributed by atoms with Crippen molar-refractivity contribution in [1.82, 2.24) is 9.88 Å². The van der Waals surface area contributed by atoms with Gasteiger partial charge in [0, 0.05) is 18.7 Å². The molecule has 6 heteroatoms. The Bertz CT molecular complexity index is 1020. The lowest BCUT2D eigenvalue weighted by Crippen LogP contribution is -2.29. The summed E-state index contributed by atoms with van der Waals surface area (Å²) < 4.78 is 16.9. The molecule has 0 bridgehead atoms. The zero-order valence-electron chi connectivity index (χ0n) is 15.3. The molecule has 2 aliphatic heterocycles. The minimum Gasteiger partial charge on any atom is -0.486 e. The lowest BCUT2D eigenvalue weighted by Gasteiger charge is -2.25. The summed E-state index contributed by atoms with van der Waals surface area (Å²) in [6.07, 6.45) is 5.09. The van der Waals surface area contributed by atoms with Crippen LogP contribution in [0.5, 0.6) is 11.5 Å². The van der Waals surface area contributed by atoms with Gasteiger partial charge in [-0.1, -0.05) is 18.2 Å². The lowest BCUT2D eigenvalue weighted by molar-refractivity contribution is -0.126. The Labute approximate surface area is 162 Å². The summed E-state index contributed by atoms with van der Waals surface area (Å²) in [6, 6.07) is 13.5. The van der Waals surface area contributed by atoms with Crippen molar-refractivity contribution in [2.24, 2.45) is 0 Å². The van der Waals surface area contributed by atoms with Crippen molar-refractivity contribution < 1.29 is 18.7 Å². The third kappa shape index (κ3) is 3.11. The van der Waals surface area contributed by atoms with Crippen LogP contribution in [0.1, 0.15) is 30.3 Å². The highest BCUT2D eigenvalue weighted by Crippen LogP contribution is 2.38. The molecule has 1 atom stereocenters. The molecule has 2 aromatic carbocycles. The van der Waals surface area contributed by atoms with Crippen LogP contribution in [0.2, 0.25) is 0 Å². The van der Waals surface area contributed by atoms with Crippen molar-refractivity contribution in [2.45, 2.75) is 18.9 Å². The van der Waals surface area contributed by atoms with E-state index < -0.39 is 0 Å². The normalized spacial score (nSPS) is 18.9. The third-order valence-corrected chi connectivity index (χ3v) is 5.17. The van der Waals surface area contributed by atoms with Crippen molar-refractivity contribution in [3.8, 4) is 11.5 Å². The quantitative estimate of drug-likeness (QED) is 0.647. The Morgan fingerprint density at radius 2 is 1.96 bits per heavy atom. The Morgan fingerprint density at radius 3 is 2.86 bits per heavy atom. The number of nitrogens with zero attached hydrogens (tertiary/aromatic N) is 2. The number of carbonyl (C=O) groups is 1. The molecule has 3 aromatic rings. The van der Waals surface area contributed by atoms with Gasteiger partial charge in [-0.05, 0) is 42.7 Å². The van der Waals surface area contributed by atoms with E-state index in [0.29, 0.717) is 24.7 Å². The molecule has 1 unspecified atom stereocenters. The lowest BCUT2D eigenvalue weighted by atomic mass is 10.0. The van der Waals surface area contributed by atoms with Crippen LogP contribution in [-0.2, 0) is 4.79 Å². The van der Waals surface area contributed by atoms with Gasteiger partial charge in [0.25, 0.3) is 0 Å². The van der Waals surface area contributed by atoms with Crippen LogP contribution in [0, 0.1) is 0 Å². The Kier molecular flexibility index (Phi) is 4.24. The zero-order valence-corrected chi connectivity index (χ0v) is 15.3. The molecule has 1 fully saturated rings. The monoisotopic (exact) mass is 376 g/mol. The number of benzene rings is 2. The van der Waals surface area contributed by atoms with Crippen LogP contribution < -0.4 is 9.47 Å². The highest BCUT2D eigenvalue weighted by atomic mass is 16.6. The molecule has 0 N–H and O–H groups in total. The number of carbonyl (C=O) groups excluding carboxylic acids is 1. The molecule has 28 heavy (non-hydrogen) atoms. The number of hydrogen-bond donors (Lipinski definition) is 0. The summed E-state index contributed by atoms with van der Waals surface area (Å²) >= 11 is 0. The molecular weight excluding hydrogens is 356 g/mol. The fourth-order valence-corrected chi connectivity index (χ4v) is 3.84. The van der Waals surface area contributed by atoms with E-state index in [0.717, 1.165) is 42.0 Å². The van der Waals surface area contributed by atoms with Crippen LogP contribution in [0.4, 0.5) is 0 Å². The van der Waals surface area contributed by atoms with E-state index in [1.807, 2.05) is 47.4 Å². The zero-order chi connectivity index (χ0) is 18.9. The molecule has 142 valence electrons. The molecule has 0 saturated carbocycles. The summed E-state index contributed by atoms with van der Waals surface area (Å²) in [5.74, 6) is 1.91. The smallest absolute Gasteiger partial charge is 0.247 e. The van der Waals surface area contributed by atoms with E-state index in [4.69, 9.17) is 13.9 Å². The Morgan fingerprint density at radius 1 is 1.11 bits per heavy atom. The number of hydrogen-bond acceptors (Lipinski definition) is 5. The molecule has 6 nitrogen and oxygen atoms in total. The van der Waals surface area contributed by atoms with Crippen molar-refractivity contribution >= 4 is 23.1 Å².